The van der Waals surface area contributed by atoms with E-state index >= 15 is 0 Å². The van der Waals surface area contributed by atoms with Crippen molar-refractivity contribution < 1.29 is 5.11 Å². The molecule has 0 unspecified atom stereocenters. The second kappa shape index (κ2) is 6.10. The third-order valence-corrected chi connectivity index (χ3v) is 4.21. The summed E-state index contributed by atoms with van der Waals surface area (Å²) in [4.78, 5) is 8.94. The normalized spacial score (nSPS) is 24.1. The number of halogens is 1. The average molecular weight is 314 g/mol. The van der Waals surface area contributed by atoms with Crippen LogP contribution in [0.5, 0.6) is 0 Å². The number of aliphatic hydroxyl groups excluding tert-OH is 1. The smallest absolute Gasteiger partial charge is 0.106 e. The van der Waals surface area contributed by atoms with Crippen LogP contribution in [0.3, 0.4) is 0 Å². The van der Waals surface area contributed by atoms with Crippen molar-refractivity contribution in [2.24, 2.45) is 0 Å². The Morgan fingerprint density at radius 1 is 1.50 bits per heavy atom. The largest absolute Gasteiger partial charge is 0.394 e. The van der Waals surface area contributed by atoms with E-state index in [2.05, 4.69) is 44.7 Å². The zero-order valence-corrected chi connectivity index (χ0v) is 12.5. The van der Waals surface area contributed by atoms with Gasteiger partial charge < -0.3 is 10.0 Å². The van der Waals surface area contributed by atoms with Gasteiger partial charge in [-0.1, -0.05) is 6.07 Å². The molecule has 0 amide bonds. The Morgan fingerprint density at radius 3 is 2.83 bits per heavy atom. The summed E-state index contributed by atoms with van der Waals surface area (Å²) < 4.78 is 0.828. The Bertz CT molecular complexity index is 384. The maximum Gasteiger partial charge on any atom is 0.106 e. The van der Waals surface area contributed by atoms with Crippen molar-refractivity contribution >= 4 is 15.9 Å². The molecule has 18 heavy (non-hydrogen) atoms. The quantitative estimate of drug-likeness (QED) is 0.859. The fraction of sp³-hybridized carbons (Fsp3) is 0.615. The summed E-state index contributed by atoms with van der Waals surface area (Å²) in [5, 5.41) is 9.66. The summed E-state index contributed by atoms with van der Waals surface area (Å²) in [6.07, 6.45) is 1.84. The highest BCUT2D eigenvalue weighted by Gasteiger charge is 2.27. The molecule has 4 nitrogen and oxygen atoms in total. The van der Waals surface area contributed by atoms with Crippen molar-refractivity contribution in [1.82, 2.24) is 14.8 Å². The maximum atomic E-state index is 9.66. The molecule has 1 aliphatic rings. The minimum Gasteiger partial charge on any atom is -0.394 e. The molecule has 100 valence electrons. The van der Waals surface area contributed by atoms with Crippen molar-refractivity contribution in [2.45, 2.75) is 19.0 Å². The Morgan fingerprint density at radius 2 is 2.28 bits per heavy atom. The number of aliphatic hydroxyl groups is 1. The van der Waals surface area contributed by atoms with Crippen molar-refractivity contribution in [1.29, 1.82) is 0 Å². The Kier molecular flexibility index (Phi) is 4.72. The van der Waals surface area contributed by atoms with Gasteiger partial charge in [0.1, 0.15) is 4.60 Å². The fourth-order valence-electron chi connectivity index (χ4n) is 2.38. The van der Waals surface area contributed by atoms with Crippen molar-refractivity contribution in [2.75, 3.05) is 33.3 Å². The second-order valence-electron chi connectivity index (χ2n) is 4.94. The molecule has 1 saturated heterocycles. The van der Waals surface area contributed by atoms with E-state index < -0.39 is 0 Å². The molecule has 0 saturated carbocycles. The van der Waals surface area contributed by atoms with Crippen LogP contribution in [0.15, 0.2) is 22.9 Å². The molecule has 1 aromatic rings. The summed E-state index contributed by atoms with van der Waals surface area (Å²) >= 11 is 3.34. The molecular formula is C13H20BrN3O. The fourth-order valence-corrected chi connectivity index (χ4v) is 2.61. The lowest BCUT2D eigenvalue weighted by atomic mass is 10.1. The van der Waals surface area contributed by atoms with E-state index in [1.165, 1.54) is 0 Å². The van der Waals surface area contributed by atoms with E-state index in [4.69, 9.17) is 0 Å². The Labute approximate surface area is 117 Å². The molecule has 0 bridgehead atoms. The molecular weight excluding hydrogens is 294 g/mol. The third-order valence-electron chi connectivity index (χ3n) is 3.74. The lowest BCUT2D eigenvalue weighted by Crippen LogP contribution is -2.51. The first-order valence-corrected chi connectivity index (χ1v) is 7.07. The summed E-state index contributed by atoms with van der Waals surface area (Å²) in [5.41, 5.74) is 1.08. The molecule has 0 radical (unpaired) electrons. The monoisotopic (exact) mass is 313 g/mol. The van der Waals surface area contributed by atoms with Crippen LogP contribution in [0.4, 0.5) is 0 Å². The van der Waals surface area contributed by atoms with Gasteiger partial charge in [0, 0.05) is 31.9 Å². The van der Waals surface area contributed by atoms with Gasteiger partial charge in [0.05, 0.1) is 12.6 Å². The molecule has 2 rings (SSSR count). The third kappa shape index (κ3) is 3.09. The van der Waals surface area contributed by atoms with Gasteiger partial charge in [-0.25, -0.2) is 4.98 Å². The Hall–Kier alpha value is -0.490. The topological polar surface area (TPSA) is 39.6 Å². The minimum absolute atomic E-state index is 0.0572. The van der Waals surface area contributed by atoms with Gasteiger partial charge in [-0.15, -0.1) is 0 Å². The van der Waals surface area contributed by atoms with E-state index in [1.807, 2.05) is 18.3 Å². The summed E-state index contributed by atoms with van der Waals surface area (Å²) in [6, 6.07) is 4.54. The van der Waals surface area contributed by atoms with Gasteiger partial charge in [0.15, 0.2) is 0 Å². The molecule has 0 aromatic carbocycles. The molecule has 2 heterocycles. The van der Waals surface area contributed by atoms with Gasteiger partial charge in [0.2, 0.25) is 0 Å². The molecule has 5 heteroatoms. The van der Waals surface area contributed by atoms with Crippen LogP contribution in [0, 0.1) is 0 Å². The van der Waals surface area contributed by atoms with E-state index in [0.717, 1.165) is 29.8 Å². The Balaban J connectivity index is 2.11. The lowest BCUT2D eigenvalue weighted by molar-refractivity contribution is 0.0462. The van der Waals surface area contributed by atoms with Gasteiger partial charge in [0.25, 0.3) is 0 Å². The van der Waals surface area contributed by atoms with Gasteiger partial charge >= 0.3 is 0 Å². The molecule has 2 atom stereocenters. The standard InChI is InChI=1S/C13H20BrN3O/c1-10-8-17(6-5-16(10)2)12(9-18)11-3-4-13(14)15-7-11/h3-4,7,10,12,18H,5-6,8-9H2,1-2H3/t10-,12+/m1/s1. The number of pyridine rings is 1. The summed E-state index contributed by atoms with van der Waals surface area (Å²) in [5.74, 6) is 0. The lowest BCUT2D eigenvalue weighted by Gasteiger charge is -2.41. The SMILES string of the molecule is C[C@@H]1CN([C@@H](CO)c2ccc(Br)nc2)CCN1C. The molecule has 1 fully saturated rings. The number of hydrogen-bond acceptors (Lipinski definition) is 4. The van der Waals surface area contributed by atoms with Crippen molar-refractivity contribution in [3.8, 4) is 0 Å². The van der Waals surface area contributed by atoms with Crippen LogP contribution >= 0.6 is 15.9 Å². The number of aromatic nitrogens is 1. The predicted molar refractivity (Wildman–Crippen MR) is 75.4 cm³/mol. The highest BCUT2D eigenvalue weighted by Crippen LogP contribution is 2.23. The number of likely N-dealkylation sites (N-methyl/N-ethyl adjacent to an activating group) is 1. The van der Waals surface area contributed by atoms with Crippen molar-refractivity contribution in [3.63, 3.8) is 0 Å². The number of hydrogen-bond donors (Lipinski definition) is 1. The molecule has 1 aromatic heterocycles. The van der Waals surface area contributed by atoms with E-state index in [0.29, 0.717) is 6.04 Å². The molecule has 1 aliphatic heterocycles. The van der Waals surface area contributed by atoms with Crippen molar-refractivity contribution in [3.05, 3.63) is 28.5 Å². The molecule has 0 spiro atoms. The van der Waals surface area contributed by atoms with Crippen LogP contribution in [0.1, 0.15) is 18.5 Å². The first-order valence-electron chi connectivity index (χ1n) is 6.28. The summed E-state index contributed by atoms with van der Waals surface area (Å²) in [7, 11) is 2.15. The average Bonchev–Trinajstić information content (AvgIpc) is 2.37. The zero-order valence-electron chi connectivity index (χ0n) is 10.9. The number of rotatable bonds is 3. The molecule has 0 aliphatic carbocycles. The highest BCUT2D eigenvalue weighted by molar-refractivity contribution is 9.10. The predicted octanol–water partition coefficient (Wildman–Crippen LogP) is 1.51. The van der Waals surface area contributed by atoms with E-state index in [1.54, 1.807) is 0 Å². The second-order valence-corrected chi connectivity index (χ2v) is 5.75. The van der Waals surface area contributed by atoms with Gasteiger partial charge in [-0.3, -0.25) is 4.90 Å². The molecule has 1 N–H and O–H groups in total. The zero-order chi connectivity index (χ0) is 13.1. The van der Waals surface area contributed by atoms with Crippen LogP contribution in [-0.2, 0) is 0 Å². The van der Waals surface area contributed by atoms with Crippen LogP contribution < -0.4 is 0 Å². The maximum absolute atomic E-state index is 9.66. The van der Waals surface area contributed by atoms with Crippen LogP contribution in [0.25, 0.3) is 0 Å². The first kappa shape index (κ1) is 13.9. The first-order chi connectivity index (χ1) is 8.61. The number of piperazine rings is 1. The number of nitrogens with zero attached hydrogens (tertiary/aromatic N) is 3. The van der Waals surface area contributed by atoms with Crippen LogP contribution in [-0.4, -0.2) is 59.2 Å². The summed E-state index contributed by atoms with van der Waals surface area (Å²) in [6.45, 7) is 5.38. The van der Waals surface area contributed by atoms with E-state index in [-0.39, 0.29) is 12.6 Å². The van der Waals surface area contributed by atoms with Gasteiger partial charge in [-0.05, 0) is 41.5 Å². The minimum atomic E-state index is 0.0572. The highest BCUT2D eigenvalue weighted by atomic mass is 79.9. The van der Waals surface area contributed by atoms with Gasteiger partial charge in [-0.2, -0.15) is 0 Å². The van der Waals surface area contributed by atoms with E-state index in [9.17, 15) is 5.11 Å². The van der Waals surface area contributed by atoms with Crippen LogP contribution in [0.2, 0.25) is 0 Å².